The summed E-state index contributed by atoms with van der Waals surface area (Å²) < 4.78 is 1.12. The highest BCUT2D eigenvalue weighted by Crippen LogP contribution is 2.36. The molecule has 98 valence electrons. The molecule has 0 saturated carbocycles. The molecule has 0 aliphatic carbocycles. The van der Waals surface area contributed by atoms with Crippen molar-refractivity contribution in [3.63, 3.8) is 0 Å². The largest absolute Gasteiger partial charge is 0.0622 e. The van der Waals surface area contributed by atoms with Crippen molar-refractivity contribution in [3.8, 4) is 22.3 Å². The van der Waals surface area contributed by atoms with Crippen molar-refractivity contribution in [1.82, 2.24) is 0 Å². The van der Waals surface area contributed by atoms with Crippen molar-refractivity contribution in [2.45, 2.75) is 6.92 Å². The predicted octanol–water partition coefficient (Wildman–Crippen LogP) is 6.09. The Morgan fingerprint density at radius 3 is 1.85 bits per heavy atom. The molecule has 0 radical (unpaired) electrons. The van der Waals surface area contributed by atoms with E-state index in [0.717, 1.165) is 4.47 Å². The van der Waals surface area contributed by atoms with Crippen LogP contribution in [0.5, 0.6) is 0 Å². The lowest BCUT2D eigenvalue weighted by Gasteiger charge is -2.14. The standard InChI is InChI=1S/C19H15Br/c1-14-12-17(20)13-18(15-8-4-2-5-9-15)19(14)16-10-6-3-7-11-16/h2-13H,1H3. The van der Waals surface area contributed by atoms with Crippen LogP contribution in [0.25, 0.3) is 22.3 Å². The minimum atomic E-state index is 1.12. The van der Waals surface area contributed by atoms with Gasteiger partial charge in [-0.25, -0.2) is 0 Å². The van der Waals surface area contributed by atoms with Crippen LogP contribution in [0, 0.1) is 6.92 Å². The van der Waals surface area contributed by atoms with Crippen molar-refractivity contribution in [3.05, 3.63) is 82.8 Å². The van der Waals surface area contributed by atoms with Crippen LogP contribution < -0.4 is 0 Å². The molecule has 0 nitrogen and oxygen atoms in total. The normalized spacial score (nSPS) is 10.5. The Labute approximate surface area is 128 Å². The fourth-order valence-electron chi connectivity index (χ4n) is 2.58. The number of benzene rings is 3. The van der Waals surface area contributed by atoms with Crippen LogP contribution in [0.15, 0.2) is 77.3 Å². The van der Waals surface area contributed by atoms with Gasteiger partial charge in [-0.1, -0.05) is 76.6 Å². The SMILES string of the molecule is Cc1cc(Br)cc(-c2ccccc2)c1-c1ccccc1. The first-order valence-corrected chi connectivity index (χ1v) is 7.46. The molecule has 1 heteroatoms. The van der Waals surface area contributed by atoms with Crippen molar-refractivity contribution < 1.29 is 0 Å². The highest BCUT2D eigenvalue weighted by Gasteiger charge is 2.11. The summed E-state index contributed by atoms with van der Waals surface area (Å²) in [6.45, 7) is 2.17. The maximum absolute atomic E-state index is 3.62. The van der Waals surface area contributed by atoms with Gasteiger partial charge >= 0.3 is 0 Å². The van der Waals surface area contributed by atoms with Crippen LogP contribution in [-0.4, -0.2) is 0 Å². The summed E-state index contributed by atoms with van der Waals surface area (Å²) in [5.41, 5.74) is 6.36. The Morgan fingerprint density at radius 1 is 0.700 bits per heavy atom. The molecule has 20 heavy (non-hydrogen) atoms. The van der Waals surface area contributed by atoms with E-state index in [1.54, 1.807) is 0 Å². The molecule has 0 aromatic heterocycles. The van der Waals surface area contributed by atoms with E-state index in [9.17, 15) is 0 Å². The lowest BCUT2D eigenvalue weighted by molar-refractivity contribution is 1.43. The molecule has 0 spiro atoms. The van der Waals surface area contributed by atoms with Crippen LogP contribution in [0.4, 0.5) is 0 Å². The topological polar surface area (TPSA) is 0 Å². The quantitative estimate of drug-likeness (QED) is 0.535. The molecular weight excluding hydrogens is 308 g/mol. The molecule has 0 heterocycles. The lowest BCUT2D eigenvalue weighted by atomic mass is 9.91. The first kappa shape index (κ1) is 13.1. The fourth-order valence-corrected chi connectivity index (χ4v) is 3.15. The van der Waals surface area contributed by atoms with Gasteiger partial charge < -0.3 is 0 Å². The third kappa shape index (κ3) is 2.54. The number of hydrogen-bond acceptors (Lipinski definition) is 0. The van der Waals surface area contributed by atoms with Gasteiger partial charge in [-0.2, -0.15) is 0 Å². The molecule has 0 aliphatic heterocycles. The van der Waals surface area contributed by atoms with Crippen molar-refractivity contribution in [1.29, 1.82) is 0 Å². The molecule has 0 N–H and O–H groups in total. The Kier molecular flexibility index (Phi) is 3.70. The van der Waals surface area contributed by atoms with E-state index in [4.69, 9.17) is 0 Å². The van der Waals surface area contributed by atoms with E-state index in [-0.39, 0.29) is 0 Å². The van der Waals surface area contributed by atoms with Crippen LogP contribution >= 0.6 is 15.9 Å². The summed E-state index contributed by atoms with van der Waals surface area (Å²) >= 11 is 3.62. The maximum Gasteiger partial charge on any atom is 0.0184 e. The van der Waals surface area contributed by atoms with E-state index < -0.39 is 0 Å². The van der Waals surface area contributed by atoms with Crippen molar-refractivity contribution >= 4 is 15.9 Å². The second-order valence-corrected chi connectivity index (χ2v) is 5.79. The Hall–Kier alpha value is -1.86. The number of hydrogen-bond donors (Lipinski definition) is 0. The van der Waals surface area contributed by atoms with Gasteiger partial charge in [-0.05, 0) is 46.9 Å². The van der Waals surface area contributed by atoms with E-state index in [0.29, 0.717) is 0 Å². The number of rotatable bonds is 2. The van der Waals surface area contributed by atoms with E-state index in [1.165, 1.54) is 27.8 Å². The Morgan fingerprint density at radius 2 is 1.25 bits per heavy atom. The smallest absolute Gasteiger partial charge is 0.0184 e. The monoisotopic (exact) mass is 322 g/mol. The second kappa shape index (κ2) is 5.64. The minimum absolute atomic E-state index is 1.12. The molecule has 0 atom stereocenters. The van der Waals surface area contributed by atoms with Gasteiger partial charge in [-0.15, -0.1) is 0 Å². The molecule has 0 unspecified atom stereocenters. The van der Waals surface area contributed by atoms with Gasteiger partial charge in [0, 0.05) is 4.47 Å². The summed E-state index contributed by atoms with van der Waals surface area (Å²) in [6, 6.07) is 25.5. The van der Waals surface area contributed by atoms with E-state index in [1.807, 2.05) is 0 Å². The van der Waals surface area contributed by atoms with Crippen LogP contribution in [0.3, 0.4) is 0 Å². The zero-order chi connectivity index (χ0) is 13.9. The average Bonchev–Trinajstić information content (AvgIpc) is 2.48. The molecule has 3 rings (SSSR count). The molecule has 3 aromatic rings. The predicted molar refractivity (Wildman–Crippen MR) is 89.8 cm³/mol. The lowest BCUT2D eigenvalue weighted by Crippen LogP contribution is -1.89. The van der Waals surface area contributed by atoms with Gasteiger partial charge in [0.15, 0.2) is 0 Å². The third-order valence-corrected chi connectivity index (χ3v) is 3.91. The highest BCUT2D eigenvalue weighted by molar-refractivity contribution is 9.10. The average molecular weight is 323 g/mol. The van der Waals surface area contributed by atoms with E-state index in [2.05, 4.69) is 95.7 Å². The summed E-state index contributed by atoms with van der Waals surface area (Å²) in [5, 5.41) is 0. The summed E-state index contributed by atoms with van der Waals surface area (Å²) in [5.74, 6) is 0. The maximum atomic E-state index is 3.62. The fraction of sp³-hybridized carbons (Fsp3) is 0.0526. The number of aryl methyl sites for hydroxylation is 1. The van der Waals surface area contributed by atoms with Crippen molar-refractivity contribution in [2.24, 2.45) is 0 Å². The molecule has 0 fully saturated rings. The molecule has 0 saturated heterocycles. The summed E-state index contributed by atoms with van der Waals surface area (Å²) in [6.07, 6.45) is 0. The minimum Gasteiger partial charge on any atom is -0.0622 e. The molecule has 0 aliphatic rings. The highest BCUT2D eigenvalue weighted by atomic mass is 79.9. The van der Waals surface area contributed by atoms with Crippen LogP contribution in [-0.2, 0) is 0 Å². The second-order valence-electron chi connectivity index (χ2n) is 4.88. The van der Waals surface area contributed by atoms with Gasteiger partial charge in [0.05, 0.1) is 0 Å². The Bertz CT molecular complexity index is 716. The molecule has 0 amide bonds. The third-order valence-electron chi connectivity index (χ3n) is 3.45. The van der Waals surface area contributed by atoms with Crippen LogP contribution in [0.2, 0.25) is 0 Å². The van der Waals surface area contributed by atoms with Gasteiger partial charge in [-0.3, -0.25) is 0 Å². The van der Waals surface area contributed by atoms with Crippen molar-refractivity contribution in [2.75, 3.05) is 0 Å². The zero-order valence-corrected chi connectivity index (χ0v) is 12.9. The molecule has 3 aromatic carbocycles. The summed E-state index contributed by atoms with van der Waals surface area (Å²) in [4.78, 5) is 0. The first-order chi connectivity index (χ1) is 9.75. The van der Waals surface area contributed by atoms with Gasteiger partial charge in [0.2, 0.25) is 0 Å². The number of halogens is 1. The van der Waals surface area contributed by atoms with Crippen LogP contribution in [0.1, 0.15) is 5.56 Å². The molecule has 0 bridgehead atoms. The summed E-state index contributed by atoms with van der Waals surface area (Å²) in [7, 11) is 0. The van der Waals surface area contributed by atoms with E-state index >= 15 is 0 Å². The van der Waals surface area contributed by atoms with Gasteiger partial charge in [0.25, 0.3) is 0 Å². The molecular formula is C19H15Br. The zero-order valence-electron chi connectivity index (χ0n) is 11.3. The Balaban J connectivity index is 2.29. The first-order valence-electron chi connectivity index (χ1n) is 6.67. The van der Waals surface area contributed by atoms with Gasteiger partial charge in [0.1, 0.15) is 0 Å².